The molecule has 156 valence electrons. The Morgan fingerprint density at radius 3 is 2.50 bits per heavy atom. The largest absolute Gasteiger partial charge is 0.358 e. The molecule has 1 aliphatic rings. The average Bonchev–Trinajstić information content (AvgIpc) is 2.64. The molecule has 4 N–H and O–H groups in total. The second-order valence-corrected chi connectivity index (χ2v) is 9.66. The van der Waals surface area contributed by atoms with Gasteiger partial charge in [0.2, 0.25) is 15.9 Å². The van der Waals surface area contributed by atoms with Gasteiger partial charge in [0, 0.05) is 19.0 Å². The number of thiocarbonyl (C=S) groups is 1. The fraction of sp³-hybridized carbons (Fsp3) is 0.579. The molecule has 0 radical (unpaired) electrons. The van der Waals surface area contributed by atoms with Crippen LogP contribution in [0.3, 0.4) is 0 Å². The van der Waals surface area contributed by atoms with E-state index >= 15 is 0 Å². The SMILES string of the molecule is Cc1ccc(S(=O)(=O)NCCC(=O)NNC(=S)N[C@@H]2CCC[C@@H](C)[C@@H]2C)cc1. The highest BCUT2D eigenvalue weighted by atomic mass is 32.2. The first-order valence-electron chi connectivity index (χ1n) is 9.60. The Kier molecular flexibility index (Phi) is 8.21. The first-order valence-corrected chi connectivity index (χ1v) is 11.5. The van der Waals surface area contributed by atoms with Crippen LogP contribution in [0.4, 0.5) is 0 Å². The van der Waals surface area contributed by atoms with Gasteiger partial charge in [0.15, 0.2) is 5.11 Å². The summed E-state index contributed by atoms with van der Waals surface area (Å²) in [6.45, 7) is 6.34. The lowest BCUT2D eigenvalue weighted by atomic mass is 9.78. The van der Waals surface area contributed by atoms with E-state index in [1.54, 1.807) is 12.1 Å². The summed E-state index contributed by atoms with van der Waals surface area (Å²) < 4.78 is 26.8. The number of sulfonamides is 1. The van der Waals surface area contributed by atoms with Crippen LogP contribution < -0.4 is 20.9 Å². The van der Waals surface area contributed by atoms with E-state index in [1.165, 1.54) is 25.0 Å². The summed E-state index contributed by atoms with van der Waals surface area (Å²) in [5.41, 5.74) is 6.18. The van der Waals surface area contributed by atoms with Crippen LogP contribution in [-0.2, 0) is 14.8 Å². The van der Waals surface area contributed by atoms with Gasteiger partial charge in [0.05, 0.1) is 4.90 Å². The maximum Gasteiger partial charge on any atom is 0.240 e. The van der Waals surface area contributed by atoms with Crippen LogP contribution in [0.2, 0.25) is 0 Å². The van der Waals surface area contributed by atoms with Gasteiger partial charge in [-0.05, 0) is 49.5 Å². The second kappa shape index (κ2) is 10.2. The zero-order valence-corrected chi connectivity index (χ0v) is 18.3. The number of hydrogen-bond donors (Lipinski definition) is 4. The van der Waals surface area contributed by atoms with Crippen LogP contribution in [-0.4, -0.2) is 32.0 Å². The molecule has 0 saturated heterocycles. The lowest BCUT2D eigenvalue weighted by Crippen LogP contribution is -2.52. The highest BCUT2D eigenvalue weighted by molar-refractivity contribution is 7.89. The molecule has 7 nitrogen and oxygen atoms in total. The maximum absolute atomic E-state index is 12.2. The van der Waals surface area contributed by atoms with Crippen LogP contribution in [0.1, 0.15) is 45.1 Å². The monoisotopic (exact) mass is 426 g/mol. The third-order valence-corrected chi connectivity index (χ3v) is 7.01. The van der Waals surface area contributed by atoms with Gasteiger partial charge < -0.3 is 5.32 Å². The Morgan fingerprint density at radius 2 is 1.82 bits per heavy atom. The van der Waals surface area contributed by atoms with E-state index in [2.05, 4.69) is 34.7 Å². The van der Waals surface area contributed by atoms with Gasteiger partial charge in [-0.3, -0.25) is 15.6 Å². The van der Waals surface area contributed by atoms with Gasteiger partial charge in [-0.25, -0.2) is 13.1 Å². The molecule has 1 fully saturated rings. The Bertz CT molecular complexity index is 781. The molecule has 0 spiro atoms. The predicted molar refractivity (Wildman–Crippen MR) is 114 cm³/mol. The molecule has 0 aliphatic heterocycles. The average molecular weight is 427 g/mol. The Hall–Kier alpha value is -1.71. The quantitative estimate of drug-likeness (QED) is 0.410. The van der Waals surface area contributed by atoms with Crippen LogP contribution in [0, 0.1) is 18.8 Å². The van der Waals surface area contributed by atoms with Gasteiger partial charge in [0.25, 0.3) is 0 Å². The number of rotatable bonds is 6. The number of benzene rings is 1. The summed E-state index contributed by atoms with van der Waals surface area (Å²) in [6.07, 6.45) is 3.45. The van der Waals surface area contributed by atoms with E-state index in [-0.39, 0.29) is 23.8 Å². The molecule has 1 aliphatic carbocycles. The second-order valence-electron chi connectivity index (χ2n) is 7.48. The van der Waals surface area contributed by atoms with Crippen molar-refractivity contribution in [3.05, 3.63) is 29.8 Å². The first-order chi connectivity index (χ1) is 13.2. The molecule has 1 amide bonds. The summed E-state index contributed by atoms with van der Waals surface area (Å²) >= 11 is 5.24. The minimum absolute atomic E-state index is 0.00108. The van der Waals surface area contributed by atoms with Crippen molar-refractivity contribution < 1.29 is 13.2 Å². The fourth-order valence-corrected chi connectivity index (χ4v) is 4.51. The van der Waals surface area contributed by atoms with Gasteiger partial charge in [-0.15, -0.1) is 0 Å². The number of nitrogens with one attached hydrogen (secondary N) is 4. The number of carbonyl (C=O) groups is 1. The normalized spacial score (nSPS) is 22.3. The van der Waals surface area contributed by atoms with Crippen molar-refractivity contribution >= 4 is 33.3 Å². The van der Waals surface area contributed by atoms with E-state index in [1.807, 2.05) is 6.92 Å². The first kappa shape index (κ1) is 22.6. The van der Waals surface area contributed by atoms with Gasteiger partial charge in [0.1, 0.15) is 0 Å². The molecule has 0 aromatic heterocycles. The van der Waals surface area contributed by atoms with Crippen LogP contribution >= 0.6 is 12.2 Å². The zero-order valence-electron chi connectivity index (χ0n) is 16.6. The maximum atomic E-state index is 12.2. The lowest BCUT2D eigenvalue weighted by molar-refractivity contribution is -0.121. The number of hydrazine groups is 1. The van der Waals surface area contributed by atoms with Crippen molar-refractivity contribution in [1.82, 2.24) is 20.9 Å². The third kappa shape index (κ3) is 6.72. The van der Waals surface area contributed by atoms with Crippen molar-refractivity contribution in [2.24, 2.45) is 11.8 Å². The Balaban J connectivity index is 1.69. The molecule has 28 heavy (non-hydrogen) atoms. The van der Waals surface area contributed by atoms with Crippen molar-refractivity contribution in [2.75, 3.05) is 6.54 Å². The van der Waals surface area contributed by atoms with Gasteiger partial charge >= 0.3 is 0 Å². The van der Waals surface area contributed by atoms with Crippen LogP contribution in [0.25, 0.3) is 0 Å². The lowest BCUT2D eigenvalue weighted by Gasteiger charge is -2.35. The molecular weight excluding hydrogens is 396 g/mol. The summed E-state index contributed by atoms with van der Waals surface area (Å²) in [5.74, 6) is 0.811. The van der Waals surface area contributed by atoms with Gasteiger partial charge in [-0.2, -0.15) is 0 Å². The van der Waals surface area contributed by atoms with E-state index in [0.29, 0.717) is 23.0 Å². The fourth-order valence-electron chi connectivity index (χ4n) is 3.28. The minimum Gasteiger partial charge on any atom is -0.358 e. The molecule has 1 aromatic rings. The zero-order chi connectivity index (χ0) is 20.7. The number of carbonyl (C=O) groups excluding carboxylic acids is 1. The Labute approximate surface area is 173 Å². The van der Waals surface area contributed by atoms with Crippen molar-refractivity contribution in [2.45, 2.75) is 57.4 Å². The molecule has 0 unspecified atom stereocenters. The van der Waals surface area contributed by atoms with E-state index in [4.69, 9.17) is 12.2 Å². The molecule has 1 aromatic carbocycles. The smallest absolute Gasteiger partial charge is 0.240 e. The van der Waals surface area contributed by atoms with E-state index < -0.39 is 10.0 Å². The highest BCUT2D eigenvalue weighted by Crippen LogP contribution is 2.29. The van der Waals surface area contributed by atoms with E-state index in [9.17, 15) is 13.2 Å². The third-order valence-electron chi connectivity index (χ3n) is 5.31. The molecule has 9 heteroatoms. The summed E-state index contributed by atoms with van der Waals surface area (Å²) in [5, 5.41) is 3.63. The molecule has 3 atom stereocenters. The minimum atomic E-state index is -3.62. The summed E-state index contributed by atoms with van der Waals surface area (Å²) in [4.78, 5) is 12.1. The van der Waals surface area contributed by atoms with Crippen LogP contribution in [0.15, 0.2) is 29.2 Å². The Morgan fingerprint density at radius 1 is 1.14 bits per heavy atom. The predicted octanol–water partition coefficient (Wildman–Crippen LogP) is 1.98. The molecule has 0 heterocycles. The standard InChI is InChI=1S/C19H30N4O3S2/c1-13-7-9-16(10-8-13)28(25,26)20-12-11-18(24)22-23-19(27)21-17-6-4-5-14(2)15(17)3/h7-10,14-15,17,20H,4-6,11-12H2,1-3H3,(H,22,24)(H2,21,23,27)/t14-,15+,17-/m1/s1. The topological polar surface area (TPSA) is 99.3 Å². The van der Waals surface area contributed by atoms with Crippen molar-refractivity contribution in [1.29, 1.82) is 0 Å². The van der Waals surface area contributed by atoms with E-state index in [0.717, 1.165) is 12.0 Å². The number of amides is 1. The molecule has 0 bridgehead atoms. The molecule has 2 rings (SSSR count). The van der Waals surface area contributed by atoms with Gasteiger partial charge in [-0.1, -0.05) is 44.4 Å². The van der Waals surface area contributed by atoms with Crippen LogP contribution in [0.5, 0.6) is 0 Å². The van der Waals surface area contributed by atoms with Crippen molar-refractivity contribution in [3.63, 3.8) is 0 Å². The number of aryl methyl sites for hydroxylation is 1. The number of hydrogen-bond acceptors (Lipinski definition) is 4. The molecular formula is C19H30N4O3S2. The summed E-state index contributed by atoms with van der Waals surface area (Å²) in [6, 6.07) is 6.83. The van der Waals surface area contributed by atoms with Crippen molar-refractivity contribution in [3.8, 4) is 0 Å². The summed E-state index contributed by atoms with van der Waals surface area (Å²) in [7, 11) is -3.62. The highest BCUT2D eigenvalue weighted by Gasteiger charge is 2.27. The molecule has 1 saturated carbocycles.